The summed E-state index contributed by atoms with van der Waals surface area (Å²) < 4.78 is 43.0. The second-order valence-electron chi connectivity index (χ2n) is 6.15. The Kier molecular flexibility index (Phi) is 5.07. The predicted molar refractivity (Wildman–Crippen MR) is 93.3 cm³/mol. The number of fused-ring (bicyclic) bond motifs is 1. The van der Waals surface area contributed by atoms with Gasteiger partial charge in [-0.3, -0.25) is 4.79 Å². The van der Waals surface area contributed by atoms with E-state index in [1.54, 1.807) is 4.90 Å². The maximum absolute atomic E-state index is 12.7. The lowest BCUT2D eigenvalue weighted by Gasteiger charge is -2.29. The van der Waals surface area contributed by atoms with Crippen molar-refractivity contribution in [3.05, 3.63) is 59.2 Å². The Hall–Kier alpha value is -3.03. The molecule has 0 fully saturated rings. The third-order valence-electron chi connectivity index (χ3n) is 4.34. The number of anilines is 2. The number of carbonyl (C=O) groups excluding carboxylic acids is 2. The van der Waals surface area contributed by atoms with Crippen LogP contribution in [-0.4, -0.2) is 25.0 Å². The summed E-state index contributed by atoms with van der Waals surface area (Å²) in [5, 5.41) is 0. The zero-order chi connectivity index (χ0) is 19.6. The number of para-hydroxylation sites is 1. The van der Waals surface area contributed by atoms with Crippen LogP contribution in [0.5, 0.6) is 0 Å². The zero-order valence-corrected chi connectivity index (χ0v) is 14.3. The number of esters is 1. The van der Waals surface area contributed by atoms with E-state index >= 15 is 0 Å². The third kappa shape index (κ3) is 4.05. The highest BCUT2D eigenvalue weighted by Gasteiger charge is 2.31. The Morgan fingerprint density at radius 3 is 2.59 bits per heavy atom. The Labute approximate surface area is 153 Å². The van der Waals surface area contributed by atoms with Crippen molar-refractivity contribution in [2.75, 3.05) is 23.8 Å². The molecule has 0 spiro atoms. The fraction of sp³-hybridized carbons (Fsp3) is 0.263. The summed E-state index contributed by atoms with van der Waals surface area (Å²) in [5.74, 6) is -1.35. The SMILES string of the molecule is Nc1cc(C(F)(F)F)ccc1C(=O)OCC(=O)N1CCCc2ccccc21. The Morgan fingerprint density at radius 1 is 1.15 bits per heavy atom. The van der Waals surface area contributed by atoms with Gasteiger partial charge in [0, 0.05) is 17.9 Å². The van der Waals surface area contributed by atoms with Gasteiger partial charge in [0.15, 0.2) is 6.61 Å². The number of alkyl halides is 3. The number of nitrogen functional groups attached to an aromatic ring is 1. The molecule has 0 bridgehead atoms. The van der Waals surface area contributed by atoms with Crippen LogP contribution in [0.25, 0.3) is 0 Å². The van der Waals surface area contributed by atoms with Crippen molar-refractivity contribution in [3.8, 4) is 0 Å². The molecule has 5 nitrogen and oxygen atoms in total. The molecule has 0 unspecified atom stereocenters. The van der Waals surface area contributed by atoms with Gasteiger partial charge in [-0.1, -0.05) is 18.2 Å². The predicted octanol–water partition coefficient (Wildman–Crippen LogP) is 3.42. The molecule has 0 aromatic heterocycles. The van der Waals surface area contributed by atoms with Crippen LogP contribution in [0.3, 0.4) is 0 Å². The highest BCUT2D eigenvalue weighted by atomic mass is 19.4. The van der Waals surface area contributed by atoms with Gasteiger partial charge >= 0.3 is 12.1 Å². The smallest absolute Gasteiger partial charge is 0.416 e. The van der Waals surface area contributed by atoms with Gasteiger partial charge in [0.05, 0.1) is 11.1 Å². The summed E-state index contributed by atoms with van der Waals surface area (Å²) in [5.41, 5.74) is 5.82. The summed E-state index contributed by atoms with van der Waals surface area (Å²) in [6, 6.07) is 9.82. The number of halogens is 3. The first kappa shape index (κ1) is 18.8. The number of nitrogens with zero attached hydrogens (tertiary/aromatic N) is 1. The van der Waals surface area contributed by atoms with Gasteiger partial charge < -0.3 is 15.4 Å². The maximum atomic E-state index is 12.7. The van der Waals surface area contributed by atoms with Gasteiger partial charge in [-0.15, -0.1) is 0 Å². The van der Waals surface area contributed by atoms with Crippen LogP contribution in [0, 0.1) is 0 Å². The average molecular weight is 378 g/mol. The number of carbonyl (C=O) groups is 2. The lowest BCUT2D eigenvalue weighted by Crippen LogP contribution is -2.38. The van der Waals surface area contributed by atoms with Crippen molar-refractivity contribution in [2.24, 2.45) is 0 Å². The number of nitrogens with two attached hydrogens (primary N) is 1. The number of hydrogen-bond acceptors (Lipinski definition) is 4. The molecule has 0 saturated heterocycles. The summed E-state index contributed by atoms with van der Waals surface area (Å²) in [6.07, 6.45) is -2.90. The third-order valence-corrected chi connectivity index (χ3v) is 4.34. The van der Waals surface area contributed by atoms with E-state index in [0.29, 0.717) is 12.6 Å². The highest BCUT2D eigenvalue weighted by Crippen LogP contribution is 2.31. The van der Waals surface area contributed by atoms with E-state index in [1.807, 2.05) is 24.3 Å². The standard InChI is InChI=1S/C19H17F3N2O3/c20-19(21,22)13-7-8-14(15(23)10-13)18(26)27-11-17(25)24-9-3-5-12-4-1-2-6-16(12)24/h1-2,4,6-8,10H,3,5,9,11,23H2. The molecular weight excluding hydrogens is 361 g/mol. The topological polar surface area (TPSA) is 72.6 Å². The maximum Gasteiger partial charge on any atom is 0.416 e. The first-order chi connectivity index (χ1) is 12.8. The molecule has 0 radical (unpaired) electrons. The van der Waals surface area contributed by atoms with Gasteiger partial charge in [-0.2, -0.15) is 13.2 Å². The first-order valence-corrected chi connectivity index (χ1v) is 8.29. The highest BCUT2D eigenvalue weighted by molar-refractivity contribution is 5.99. The molecule has 3 rings (SSSR count). The summed E-state index contributed by atoms with van der Waals surface area (Å²) >= 11 is 0. The molecule has 0 aliphatic carbocycles. The molecule has 1 aliphatic heterocycles. The normalized spacial score (nSPS) is 13.8. The molecule has 2 aromatic rings. The minimum absolute atomic E-state index is 0.213. The number of ether oxygens (including phenoxy) is 1. The summed E-state index contributed by atoms with van der Waals surface area (Å²) in [6.45, 7) is -0.0105. The average Bonchev–Trinajstić information content (AvgIpc) is 2.64. The van der Waals surface area contributed by atoms with E-state index in [2.05, 4.69) is 0 Å². The van der Waals surface area contributed by atoms with Crippen LogP contribution in [0.15, 0.2) is 42.5 Å². The first-order valence-electron chi connectivity index (χ1n) is 8.29. The van der Waals surface area contributed by atoms with Crippen molar-refractivity contribution in [1.82, 2.24) is 0 Å². The van der Waals surface area contributed by atoms with Crippen molar-refractivity contribution >= 4 is 23.3 Å². The Bertz CT molecular complexity index is 881. The van der Waals surface area contributed by atoms with E-state index in [-0.39, 0.29) is 11.3 Å². The fourth-order valence-electron chi connectivity index (χ4n) is 3.00. The van der Waals surface area contributed by atoms with Crippen molar-refractivity contribution < 1.29 is 27.5 Å². The van der Waals surface area contributed by atoms with Gasteiger partial charge in [0.25, 0.3) is 5.91 Å². The number of amides is 1. The van der Waals surface area contributed by atoms with E-state index in [9.17, 15) is 22.8 Å². The Morgan fingerprint density at radius 2 is 1.89 bits per heavy atom. The quantitative estimate of drug-likeness (QED) is 0.656. The zero-order valence-electron chi connectivity index (χ0n) is 14.3. The monoisotopic (exact) mass is 378 g/mol. The van der Waals surface area contributed by atoms with Crippen LogP contribution < -0.4 is 10.6 Å². The molecule has 1 aliphatic rings. The van der Waals surface area contributed by atoms with E-state index in [4.69, 9.17) is 10.5 Å². The van der Waals surface area contributed by atoms with Crippen LogP contribution in [0.1, 0.15) is 27.9 Å². The van der Waals surface area contributed by atoms with Crippen molar-refractivity contribution in [2.45, 2.75) is 19.0 Å². The summed E-state index contributed by atoms with van der Waals surface area (Å²) in [4.78, 5) is 26.1. The van der Waals surface area contributed by atoms with E-state index in [1.165, 1.54) is 0 Å². The van der Waals surface area contributed by atoms with E-state index < -0.39 is 30.2 Å². The van der Waals surface area contributed by atoms with Crippen LogP contribution in [0.2, 0.25) is 0 Å². The second kappa shape index (κ2) is 7.30. The molecule has 2 N–H and O–H groups in total. The van der Waals surface area contributed by atoms with Crippen molar-refractivity contribution in [1.29, 1.82) is 0 Å². The van der Waals surface area contributed by atoms with Crippen LogP contribution in [-0.2, 0) is 22.1 Å². The summed E-state index contributed by atoms with van der Waals surface area (Å²) in [7, 11) is 0. The molecule has 142 valence electrons. The van der Waals surface area contributed by atoms with Crippen molar-refractivity contribution in [3.63, 3.8) is 0 Å². The van der Waals surface area contributed by atoms with Gasteiger partial charge in [0.1, 0.15) is 0 Å². The van der Waals surface area contributed by atoms with Gasteiger partial charge in [0.2, 0.25) is 0 Å². The molecular formula is C19H17F3N2O3. The van der Waals surface area contributed by atoms with Gasteiger partial charge in [-0.25, -0.2) is 4.79 Å². The second-order valence-corrected chi connectivity index (χ2v) is 6.15. The van der Waals surface area contributed by atoms with E-state index in [0.717, 1.165) is 36.2 Å². The molecule has 0 saturated carbocycles. The molecule has 8 heteroatoms. The number of benzene rings is 2. The molecule has 27 heavy (non-hydrogen) atoms. The number of aryl methyl sites for hydroxylation is 1. The molecule has 0 atom stereocenters. The minimum atomic E-state index is -4.56. The lowest BCUT2D eigenvalue weighted by molar-refractivity contribution is -0.137. The number of rotatable bonds is 3. The number of hydrogen-bond donors (Lipinski definition) is 1. The molecule has 1 amide bonds. The fourth-order valence-corrected chi connectivity index (χ4v) is 3.00. The lowest BCUT2D eigenvalue weighted by atomic mass is 10.0. The molecule has 2 aromatic carbocycles. The largest absolute Gasteiger partial charge is 0.452 e. The Balaban J connectivity index is 1.67. The minimum Gasteiger partial charge on any atom is -0.452 e. The van der Waals surface area contributed by atoms with Gasteiger partial charge in [-0.05, 0) is 42.7 Å². The van der Waals surface area contributed by atoms with Crippen LogP contribution >= 0.6 is 0 Å². The van der Waals surface area contributed by atoms with Crippen LogP contribution in [0.4, 0.5) is 24.5 Å². The molecule has 1 heterocycles.